The van der Waals surface area contributed by atoms with Crippen molar-refractivity contribution < 1.29 is 0 Å². The van der Waals surface area contributed by atoms with Gasteiger partial charge >= 0.3 is 0 Å². The molecule has 3 aromatic rings. The quantitative estimate of drug-likeness (QED) is 0.792. The van der Waals surface area contributed by atoms with Crippen LogP contribution in [0.25, 0.3) is 5.69 Å². The van der Waals surface area contributed by atoms with Gasteiger partial charge in [0.05, 0.1) is 17.9 Å². The van der Waals surface area contributed by atoms with Crippen molar-refractivity contribution in [2.24, 2.45) is 0 Å². The molecule has 5 nitrogen and oxygen atoms in total. The molecular formula is C13H13N5S. The molecule has 0 bridgehead atoms. The zero-order valence-corrected chi connectivity index (χ0v) is 11.3. The van der Waals surface area contributed by atoms with Crippen molar-refractivity contribution in [1.29, 1.82) is 0 Å². The summed E-state index contributed by atoms with van der Waals surface area (Å²) < 4.78 is 5.69. The fraction of sp³-hybridized carbons (Fsp3) is 0.154. The first-order chi connectivity index (χ1) is 9.33. The highest BCUT2D eigenvalue weighted by molar-refractivity contribution is 7.03. The molecule has 0 radical (unpaired) electrons. The number of rotatable bonds is 4. The van der Waals surface area contributed by atoms with Crippen LogP contribution in [0.1, 0.15) is 11.3 Å². The lowest BCUT2D eigenvalue weighted by molar-refractivity contribution is 0.879. The first-order valence-electron chi connectivity index (χ1n) is 5.93. The molecule has 0 saturated heterocycles. The van der Waals surface area contributed by atoms with Crippen LogP contribution in [0, 0.1) is 6.92 Å². The lowest BCUT2D eigenvalue weighted by atomic mass is 10.1. The van der Waals surface area contributed by atoms with Crippen molar-refractivity contribution in [2.75, 3.05) is 5.32 Å². The summed E-state index contributed by atoms with van der Waals surface area (Å²) in [7, 11) is 0. The van der Waals surface area contributed by atoms with E-state index >= 15 is 0 Å². The van der Waals surface area contributed by atoms with Crippen molar-refractivity contribution in [1.82, 2.24) is 19.4 Å². The van der Waals surface area contributed by atoms with E-state index in [-0.39, 0.29) is 0 Å². The second-order valence-corrected chi connectivity index (χ2v) is 4.81. The van der Waals surface area contributed by atoms with Gasteiger partial charge in [-0.15, -0.1) is 5.10 Å². The molecule has 0 fully saturated rings. The summed E-state index contributed by atoms with van der Waals surface area (Å²) in [4.78, 5) is 0. The summed E-state index contributed by atoms with van der Waals surface area (Å²) in [5.74, 6) is 0. The van der Waals surface area contributed by atoms with Gasteiger partial charge in [-0.1, -0.05) is 4.49 Å². The highest BCUT2D eigenvalue weighted by Gasteiger charge is 2.03. The first-order valence-corrected chi connectivity index (χ1v) is 6.77. The molecule has 0 spiro atoms. The maximum atomic E-state index is 4.22. The van der Waals surface area contributed by atoms with Gasteiger partial charge in [0.25, 0.3) is 0 Å². The SMILES string of the molecule is Cc1cc(-n2cccn2)ccc1NCc1csnn1. The summed E-state index contributed by atoms with van der Waals surface area (Å²) in [6, 6.07) is 8.12. The molecule has 0 amide bonds. The zero-order chi connectivity index (χ0) is 13.1. The van der Waals surface area contributed by atoms with E-state index in [1.54, 1.807) is 6.20 Å². The fourth-order valence-electron chi connectivity index (χ4n) is 1.86. The van der Waals surface area contributed by atoms with E-state index in [1.807, 2.05) is 28.4 Å². The Bertz CT molecular complexity index is 646. The van der Waals surface area contributed by atoms with Gasteiger partial charge in [0.15, 0.2) is 0 Å². The van der Waals surface area contributed by atoms with Crippen LogP contribution < -0.4 is 5.32 Å². The van der Waals surface area contributed by atoms with Crippen LogP contribution in [-0.2, 0) is 6.54 Å². The Morgan fingerprint density at radius 2 is 2.32 bits per heavy atom. The van der Waals surface area contributed by atoms with Crippen LogP contribution in [0.3, 0.4) is 0 Å². The maximum absolute atomic E-state index is 4.22. The van der Waals surface area contributed by atoms with Gasteiger partial charge in [0.2, 0.25) is 0 Å². The standard InChI is InChI=1S/C13H13N5S/c1-10-7-12(18-6-2-5-15-18)3-4-13(10)14-8-11-9-19-17-16-11/h2-7,9,14H,8H2,1H3. The topological polar surface area (TPSA) is 55.6 Å². The van der Waals surface area contributed by atoms with Gasteiger partial charge in [-0.25, -0.2) is 4.68 Å². The molecule has 2 heterocycles. The number of hydrogen-bond donors (Lipinski definition) is 1. The number of anilines is 1. The smallest absolute Gasteiger partial charge is 0.0946 e. The summed E-state index contributed by atoms with van der Waals surface area (Å²) in [5.41, 5.74) is 4.30. The maximum Gasteiger partial charge on any atom is 0.0946 e. The third-order valence-electron chi connectivity index (χ3n) is 2.84. The Kier molecular flexibility index (Phi) is 3.24. The van der Waals surface area contributed by atoms with Crippen LogP contribution in [0.2, 0.25) is 0 Å². The first kappa shape index (κ1) is 11.9. The molecular weight excluding hydrogens is 258 g/mol. The van der Waals surface area contributed by atoms with Crippen molar-refractivity contribution in [3.8, 4) is 5.69 Å². The molecule has 1 aromatic carbocycles. The third-order valence-corrected chi connectivity index (χ3v) is 3.40. The molecule has 0 saturated carbocycles. The molecule has 1 N–H and O–H groups in total. The number of aromatic nitrogens is 4. The Morgan fingerprint density at radius 1 is 1.37 bits per heavy atom. The van der Waals surface area contributed by atoms with E-state index in [0.29, 0.717) is 6.54 Å². The Morgan fingerprint density at radius 3 is 3.00 bits per heavy atom. The molecule has 2 aromatic heterocycles. The van der Waals surface area contributed by atoms with Crippen molar-refractivity contribution >= 4 is 17.2 Å². The van der Waals surface area contributed by atoms with E-state index in [9.17, 15) is 0 Å². The van der Waals surface area contributed by atoms with Crippen molar-refractivity contribution in [3.63, 3.8) is 0 Å². The van der Waals surface area contributed by atoms with Gasteiger partial charge in [-0.3, -0.25) is 0 Å². The largest absolute Gasteiger partial charge is 0.379 e. The normalized spacial score (nSPS) is 10.6. The van der Waals surface area contributed by atoms with E-state index in [1.165, 1.54) is 17.1 Å². The predicted octanol–water partition coefficient (Wildman–Crippen LogP) is 2.64. The predicted molar refractivity (Wildman–Crippen MR) is 75.5 cm³/mol. The summed E-state index contributed by atoms with van der Waals surface area (Å²) in [6.07, 6.45) is 3.71. The minimum Gasteiger partial charge on any atom is -0.379 e. The summed E-state index contributed by atoms with van der Waals surface area (Å²) >= 11 is 1.37. The second-order valence-electron chi connectivity index (χ2n) is 4.20. The summed E-state index contributed by atoms with van der Waals surface area (Å²) in [5, 5.41) is 13.5. The second kappa shape index (κ2) is 5.19. The van der Waals surface area contributed by atoms with E-state index in [2.05, 4.69) is 39.1 Å². The molecule has 0 aliphatic rings. The van der Waals surface area contributed by atoms with E-state index in [0.717, 1.165) is 17.1 Å². The fourth-order valence-corrected chi connectivity index (χ4v) is 2.31. The van der Waals surface area contributed by atoms with Crippen LogP contribution in [-0.4, -0.2) is 19.4 Å². The minimum absolute atomic E-state index is 0.693. The van der Waals surface area contributed by atoms with Crippen molar-refractivity contribution in [2.45, 2.75) is 13.5 Å². The Hall–Kier alpha value is -2.21. The minimum atomic E-state index is 0.693. The van der Waals surface area contributed by atoms with Crippen LogP contribution in [0.4, 0.5) is 5.69 Å². The lowest BCUT2D eigenvalue weighted by Crippen LogP contribution is -2.02. The third kappa shape index (κ3) is 2.63. The van der Waals surface area contributed by atoms with Gasteiger partial charge < -0.3 is 5.32 Å². The summed E-state index contributed by atoms with van der Waals surface area (Å²) in [6.45, 7) is 2.77. The zero-order valence-electron chi connectivity index (χ0n) is 10.4. The highest BCUT2D eigenvalue weighted by atomic mass is 32.1. The molecule has 3 rings (SSSR count). The Balaban J connectivity index is 1.76. The van der Waals surface area contributed by atoms with E-state index < -0.39 is 0 Å². The van der Waals surface area contributed by atoms with Crippen LogP contribution in [0.15, 0.2) is 42.0 Å². The molecule has 0 aliphatic heterocycles. The number of nitrogens with zero attached hydrogens (tertiary/aromatic N) is 4. The highest BCUT2D eigenvalue weighted by Crippen LogP contribution is 2.19. The number of benzene rings is 1. The van der Waals surface area contributed by atoms with Gasteiger partial charge in [-0.05, 0) is 48.3 Å². The molecule has 6 heteroatoms. The average molecular weight is 271 g/mol. The van der Waals surface area contributed by atoms with Crippen molar-refractivity contribution in [3.05, 3.63) is 53.3 Å². The lowest BCUT2D eigenvalue weighted by Gasteiger charge is -2.10. The van der Waals surface area contributed by atoms with Gasteiger partial charge in [0, 0.05) is 23.5 Å². The average Bonchev–Trinajstić information content (AvgIpc) is 3.10. The van der Waals surface area contributed by atoms with Gasteiger partial charge in [-0.2, -0.15) is 5.10 Å². The molecule has 0 unspecified atom stereocenters. The molecule has 0 aliphatic carbocycles. The number of nitrogens with one attached hydrogen (secondary N) is 1. The molecule has 19 heavy (non-hydrogen) atoms. The molecule has 96 valence electrons. The van der Waals surface area contributed by atoms with Gasteiger partial charge in [0.1, 0.15) is 0 Å². The number of aryl methyl sites for hydroxylation is 1. The molecule has 0 atom stereocenters. The monoisotopic (exact) mass is 271 g/mol. The Labute approximate surface area is 115 Å². The van der Waals surface area contributed by atoms with Crippen LogP contribution in [0.5, 0.6) is 0 Å². The number of hydrogen-bond acceptors (Lipinski definition) is 5. The van der Waals surface area contributed by atoms with Crippen LogP contribution >= 0.6 is 11.5 Å². The van der Waals surface area contributed by atoms with E-state index in [4.69, 9.17) is 0 Å².